The number of benzene rings is 3. The number of nitrogens with one attached hydrogen (secondary N) is 2. The van der Waals surface area contributed by atoms with Gasteiger partial charge in [0.2, 0.25) is 5.91 Å². The molecule has 378 valence electrons. The summed E-state index contributed by atoms with van der Waals surface area (Å²) in [4.78, 5) is 62.6. The van der Waals surface area contributed by atoms with Crippen molar-refractivity contribution in [1.82, 2.24) is 15.7 Å². The minimum absolute atomic E-state index is 0.00740. The van der Waals surface area contributed by atoms with E-state index in [1.54, 1.807) is 44.0 Å². The van der Waals surface area contributed by atoms with Gasteiger partial charge in [-0.05, 0) is 123 Å². The Morgan fingerprint density at radius 3 is 2.41 bits per heavy atom. The van der Waals surface area contributed by atoms with Crippen molar-refractivity contribution in [3.8, 4) is 0 Å². The van der Waals surface area contributed by atoms with Crippen molar-refractivity contribution in [3.05, 3.63) is 112 Å². The Morgan fingerprint density at radius 1 is 0.915 bits per heavy atom. The van der Waals surface area contributed by atoms with Gasteiger partial charge in [-0.25, -0.2) is 0 Å². The molecule has 3 saturated carbocycles. The Hall–Kier alpha value is -4.96. The summed E-state index contributed by atoms with van der Waals surface area (Å²) in [5, 5.41) is 17.7. The van der Waals surface area contributed by atoms with Crippen LogP contribution in [0, 0.1) is 22.7 Å². The maximum atomic E-state index is 15.2. The average molecular weight is 972 g/mol. The molecule has 14 nitrogen and oxygen atoms in total. The van der Waals surface area contributed by atoms with Gasteiger partial charge in [0.1, 0.15) is 35.4 Å². The smallest absolute Gasteiger partial charge is 0.327 e. The number of aliphatic hydroxyl groups excluding tert-OH is 1. The highest BCUT2D eigenvalue weighted by atomic mass is 16.8. The number of rotatable bonds is 12. The van der Waals surface area contributed by atoms with Crippen LogP contribution in [-0.4, -0.2) is 100 Å². The fourth-order valence-corrected chi connectivity index (χ4v) is 13.5. The molecule has 4 aliphatic carbocycles. The number of fused-ring (bicyclic) bond motifs is 7. The number of esters is 2. The number of carbonyl (C=O) groups is 4. The maximum absolute atomic E-state index is 15.2. The highest BCUT2D eigenvalue weighted by Gasteiger charge is 2.76. The largest absolute Gasteiger partial charge is 0.460 e. The Labute approximate surface area is 416 Å². The predicted octanol–water partition coefficient (Wildman–Crippen LogP) is 7.07. The van der Waals surface area contributed by atoms with Crippen LogP contribution in [0.25, 0.3) is 6.08 Å². The molecule has 4 aliphatic heterocycles. The van der Waals surface area contributed by atoms with Crippen LogP contribution in [0.15, 0.2) is 78.4 Å². The van der Waals surface area contributed by atoms with E-state index in [2.05, 4.69) is 67.8 Å². The van der Waals surface area contributed by atoms with Gasteiger partial charge in [0.15, 0.2) is 11.8 Å². The third-order valence-corrected chi connectivity index (χ3v) is 17.1. The van der Waals surface area contributed by atoms with Gasteiger partial charge < -0.3 is 39.4 Å². The molecule has 8 aliphatic rings. The lowest BCUT2D eigenvalue weighted by atomic mass is 9.52. The summed E-state index contributed by atoms with van der Waals surface area (Å²) in [6.07, 6.45) is 6.63. The van der Waals surface area contributed by atoms with Gasteiger partial charge in [0.25, 0.3) is 5.91 Å². The summed E-state index contributed by atoms with van der Waals surface area (Å²) in [5.74, 6) is -1.60. The number of ether oxygens (including phenoxy) is 5. The Bertz CT molecular complexity index is 2620. The van der Waals surface area contributed by atoms with E-state index in [4.69, 9.17) is 28.5 Å². The van der Waals surface area contributed by atoms with Crippen LogP contribution in [-0.2, 0) is 68.8 Å². The van der Waals surface area contributed by atoms with Crippen LogP contribution in [0.4, 0.5) is 0 Å². The molecular formula is C57H69N3O11. The van der Waals surface area contributed by atoms with Gasteiger partial charge in [-0.1, -0.05) is 86.2 Å². The highest BCUT2D eigenvalue weighted by Crippen LogP contribution is 2.61. The van der Waals surface area contributed by atoms with Crippen molar-refractivity contribution in [1.29, 1.82) is 0 Å². The zero-order valence-electron chi connectivity index (χ0n) is 41.9. The SMILES string of the molecule is CC(C)(C)OC(=O)CC[C@@H](CO)NC(=O)c1cccc(CNC(=O)[C@@]23C[C@H]4OC(=O)[C@@H]2N(Cc2cccc(C=C5CCC6O[C@]6(C)CC[C@@H]6[C@@H]5CC6(C)C)c2)O[C@@H]3[C@H]2OC3(Cc5ccccc5C3)O[C@H]24)c1. The van der Waals surface area contributed by atoms with E-state index in [1.807, 2.05) is 24.3 Å². The fraction of sp³-hybridized carbons (Fsp3) is 0.579. The van der Waals surface area contributed by atoms with Crippen molar-refractivity contribution in [2.24, 2.45) is 22.7 Å². The van der Waals surface area contributed by atoms with Crippen LogP contribution >= 0.6 is 0 Å². The highest BCUT2D eigenvalue weighted by molar-refractivity contribution is 5.95. The molecule has 7 fully saturated rings. The first kappa shape index (κ1) is 48.3. The van der Waals surface area contributed by atoms with E-state index in [1.165, 1.54) is 18.4 Å². The molecule has 1 unspecified atom stereocenters. The molecule has 11 rings (SSSR count). The van der Waals surface area contributed by atoms with E-state index in [0.717, 1.165) is 41.5 Å². The molecule has 71 heavy (non-hydrogen) atoms. The molecule has 0 aromatic heterocycles. The average Bonchev–Trinajstić information content (AvgIpc) is 3.59. The number of hydroxylamine groups is 2. The van der Waals surface area contributed by atoms with Crippen LogP contribution in [0.1, 0.15) is 131 Å². The minimum Gasteiger partial charge on any atom is -0.460 e. The van der Waals surface area contributed by atoms with Gasteiger partial charge in [-0.3, -0.25) is 24.0 Å². The van der Waals surface area contributed by atoms with Crippen LogP contribution < -0.4 is 10.6 Å². The predicted molar refractivity (Wildman–Crippen MR) is 261 cm³/mol. The van der Waals surface area contributed by atoms with Gasteiger partial charge in [-0.2, -0.15) is 5.06 Å². The molecule has 14 heteroatoms. The second kappa shape index (κ2) is 17.9. The summed E-state index contributed by atoms with van der Waals surface area (Å²) in [7, 11) is 0. The van der Waals surface area contributed by atoms with Crippen LogP contribution in [0.5, 0.6) is 0 Å². The number of carbonyl (C=O) groups excluding carboxylic acids is 4. The zero-order valence-corrected chi connectivity index (χ0v) is 41.9. The van der Waals surface area contributed by atoms with Gasteiger partial charge in [0, 0.05) is 37.8 Å². The van der Waals surface area contributed by atoms with Crippen LogP contribution in [0.3, 0.4) is 0 Å². The summed E-state index contributed by atoms with van der Waals surface area (Å²) in [5.41, 5.74) is 5.00. The molecule has 0 radical (unpaired) electrons. The first-order valence-corrected chi connectivity index (χ1v) is 25.9. The molecule has 3 aromatic carbocycles. The van der Waals surface area contributed by atoms with E-state index in [9.17, 15) is 19.5 Å². The number of nitrogens with zero attached hydrogens (tertiary/aromatic N) is 1. The quantitative estimate of drug-likeness (QED) is 0.125. The Kier molecular flexibility index (Phi) is 12.2. The molecule has 1 spiro atoms. The summed E-state index contributed by atoms with van der Waals surface area (Å²) >= 11 is 0. The summed E-state index contributed by atoms with van der Waals surface area (Å²) in [6, 6.07) is 21.7. The molecule has 2 bridgehead atoms. The van der Waals surface area contributed by atoms with E-state index < -0.39 is 71.1 Å². The van der Waals surface area contributed by atoms with Crippen molar-refractivity contribution in [2.45, 2.75) is 178 Å². The van der Waals surface area contributed by atoms with Crippen molar-refractivity contribution < 1.29 is 52.8 Å². The lowest BCUT2D eigenvalue weighted by molar-refractivity contribution is -0.217. The third-order valence-electron chi connectivity index (χ3n) is 17.1. The molecule has 2 amide bonds. The lowest BCUT2D eigenvalue weighted by Crippen LogP contribution is -2.69. The monoisotopic (exact) mass is 971 g/mol. The standard InChI is InChI=1S/C57H69N3O11/c1-53(2,3)68-45(62)20-18-40(32-61)59-50(63)37-16-10-12-34(25-37)30-58-52(65)57-29-43-46-47(70-56(69-46)26-38-14-7-8-15-39(38)27-56)49(57)71-60(48(57)51(64)66-43)31-35-13-9-11-33(23-35)24-36-17-19-44-55(6,67-44)22-21-42-41(36)28-54(42,4)5/h7-16,23-25,40-44,46-49,61H,17-22,26-32H2,1-6H3,(H,58,65)(H,59,63)/t40-,41+,42+,43+,44?,46-,47-,48-,49+,55+,57-/m0/s1. The number of epoxide rings is 1. The normalized spacial score (nSPS) is 33.7. The fourth-order valence-electron chi connectivity index (χ4n) is 13.5. The molecule has 4 heterocycles. The third kappa shape index (κ3) is 9.05. The molecule has 3 N–H and O–H groups in total. The first-order chi connectivity index (χ1) is 33.8. The number of allylic oxidation sites excluding steroid dienone is 1. The number of hydrogen-bond acceptors (Lipinski definition) is 12. The number of amides is 2. The Morgan fingerprint density at radius 2 is 1.66 bits per heavy atom. The maximum Gasteiger partial charge on any atom is 0.327 e. The topological polar surface area (TPSA) is 174 Å². The second-order valence-corrected chi connectivity index (χ2v) is 23.6. The van der Waals surface area contributed by atoms with E-state index in [0.29, 0.717) is 47.3 Å². The molecule has 11 atom stereocenters. The number of aliphatic hydroxyl groups is 1. The van der Waals surface area contributed by atoms with Crippen LogP contribution in [0.2, 0.25) is 0 Å². The van der Waals surface area contributed by atoms with E-state index in [-0.39, 0.29) is 50.5 Å². The lowest BCUT2D eigenvalue weighted by Gasteiger charge is -2.53. The number of hydrogen-bond donors (Lipinski definition) is 3. The summed E-state index contributed by atoms with van der Waals surface area (Å²) in [6.45, 7) is 12.3. The van der Waals surface area contributed by atoms with Crippen molar-refractivity contribution in [3.63, 3.8) is 0 Å². The molecular weight excluding hydrogens is 903 g/mol. The molecule has 3 aromatic rings. The second-order valence-electron chi connectivity index (χ2n) is 23.6. The first-order valence-electron chi connectivity index (χ1n) is 25.9. The van der Waals surface area contributed by atoms with Gasteiger partial charge >= 0.3 is 11.9 Å². The van der Waals surface area contributed by atoms with Gasteiger partial charge in [-0.15, -0.1) is 0 Å². The molecule has 4 saturated heterocycles. The van der Waals surface area contributed by atoms with Gasteiger partial charge in [0.05, 0.1) is 30.9 Å². The van der Waals surface area contributed by atoms with Crippen molar-refractivity contribution >= 4 is 29.8 Å². The van der Waals surface area contributed by atoms with Crippen molar-refractivity contribution in [2.75, 3.05) is 6.61 Å². The Balaban J connectivity index is 0.842. The van der Waals surface area contributed by atoms with E-state index >= 15 is 4.79 Å². The minimum atomic E-state index is -1.40. The zero-order chi connectivity index (χ0) is 49.7. The summed E-state index contributed by atoms with van der Waals surface area (Å²) < 4.78 is 31.8.